The molecule has 2 aromatic rings. The van der Waals surface area contributed by atoms with Gasteiger partial charge in [-0.2, -0.15) is 0 Å². The third kappa shape index (κ3) is 2.90. The lowest BCUT2D eigenvalue weighted by molar-refractivity contribution is -0.135. The maximum Gasteiger partial charge on any atom is 0.225 e. The van der Waals surface area contributed by atoms with Crippen molar-refractivity contribution in [2.75, 3.05) is 31.1 Å². The molecule has 1 amide bonds. The van der Waals surface area contributed by atoms with Gasteiger partial charge in [0.2, 0.25) is 5.91 Å². The van der Waals surface area contributed by atoms with Crippen LogP contribution < -0.4 is 4.90 Å². The van der Waals surface area contributed by atoms with Crippen molar-refractivity contribution in [1.82, 2.24) is 9.88 Å². The Bertz CT molecular complexity index is 755. The van der Waals surface area contributed by atoms with E-state index in [1.165, 1.54) is 28.7 Å². The van der Waals surface area contributed by atoms with Crippen LogP contribution in [0.15, 0.2) is 12.1 Å². The fraction of sp³-hybridized carbons (Fsp3) is 0.579. The number of hydrogen-bond acceptors (Lipinski definition) is 4. The van der Waals surface area contributed by atoms with E-state index >= 15 is 0 Å². The summed E-state index contributed by atoms with van der Waals surface area (Å²) in [6.07, 6.45) is 4.63. The van der Waals surface area contributed by atoms with Crippen LogP contribution in [0.1, 0.15) is 36.8 Å². The highest BCUT2D eigenvalue weighted by atomic mass is 32.1. The van der Waals surface area contributed by atoms with Crippen LogP contribution in [0.2, 0.25) is 0 Å². The van der Waals surface area contributed by atoms with E-state index in [1.807, 2.05) is 0 Å². The molecule has 5 heteroatoms. The Kier molecular flexibility index (Phi) is 4.21. The number of hydrogen-bond donors (Lipinski definition) is 0. The van der Waals surface area contributed by atoms with Crippen molar-refractivity contribution in [3.05, 3.63) is 23.3 Å². The second-order valence-corrected chi connectivity index (χ2v) is 8.20. The maximum absolute atomic E-state index is 12.6. The lowest BCUT2D eigenvalue weighted by Crippen LogP contribution is -2.50. The molecule has 2 fully saturated rings. The number of amides is 1. The fourth-order valence-electron chi connectivity index (χ4n) is 4.05. The minimum atomic E-state index is 0.296. The summed E-state index contributed by atoms with van der Waals surface area (Å²) in [7, 11) is 0. The SMILES string of the molecule is Cc1cc(C)c2sc(N3CCN(C(=O)C4CCCC4)CC3)nc2c1. The first kappa shape index (κ1) is 15.9. The number of anilines is 1. The van der Waals surface area contributed by atoms with Gasteiger partial charge in [0, 0.05) is 32.1 Å². The van der Waals surface area contributed by atoms with Gasteiger partial charge in [-0.1, -0.05) is 30.2 Å². The van der Waals surface area contributed by atoms with Gasteiger partial charge in [-0.15, -0.1) is 0 Å². The number of benzene rings is 1. The number of fused-ring (bicyclic) bond motifs is 1. The van der Waals surface area contributed by atoms with Crippen LogP contribution in [0.4, 0.5) is 5.13 Å². The predicted octanol–water partition coefficient (Wildman–Crippen LogP) is 3.75. The van der Waals surface area contributed by atoms with Crippen molar-refractivity contribution >= 4 is 32.6 Å². The normalized spacial score (nSPS) is 19.4. The highest BCUT2D eigenvalue weighted by Crippen LogP contribution is 2.33. The Morgan fingerprint density at radius 3 is 2.54 bits per heavy atom. The van der Waals surface area contributed by atoms with Crippen molar-refractivity contribution in [2.24, 2.45) is 5.92 Å². The van der Waals surface area contributed by atoms with Crippen LogP contribution in [0.5, 0.6) is 0 Å². The van der Waals surface area contributed by atoms with Crippen LogP contribution >= 0.6 is 11.3 Å². The lowest BCUT2D eigenvalue weighted by Gasteiger charge is -2.35. The molecule has 24 heavy (non-hydrogen) atoms. The maximum atomic E-state index is 12.6. The van der Waals surface area contributed by atoms with Gasteiger partial charge in [-0.05, 0) is 43.9 Å². The van der Waals surface area contributed by atoms with Crippen LogP contribution in [0.25, 0.3) is 10.2 Å². The van der Waals surface area contributed by atoms with Crippen LogP contribution in [-0.4, -0.2) is 42.0 Å². The van der Waals surface area contributed by atoms with Crippen molar-refractivity contribution in [3.8, 4) is 0 Å². The summed E-state index contributed by atoms with van der Waals surface area (Å²) in [5.74, 6) is 0.688. The molecular formula is C19H25N3OS. The number of rotatable bonds is 2. The third-order valence-electron chi connectivity index (χ3n) is 5.38. The Morgan fingerprint density at radius 2 is 1.83 bits per heavy atom. The first-order chi connectivity index (χ1) is 11.6. The zero-order valence-corrected chi connectivity index (χ0v) is 15.4. The predicted molar refractivity (Wildman–Crippen MR) is 99.8 cm³/mol. The number of aryl methyl sites for hydroxylation is 2. The molecule has 0 N–H and O–H groups in total. The zero-order valence-electron chi connectivity index (χ0n) is 14.5. The number of piperazine rings is 1. The van der Waals surface area contributed by atoms with Gasteiger partial charge in [0.15, 0.2) is 5.13 Å². The lowest BCUT2D eigenvalue weighted by atomic mass is 10.1. The summed E-state index contributed by atoms with van der Waals surface area (Å²) in [6, 6.07) is 4.39. The van der Waals surface area contributed by atoms with Crippen molar-refractivity contribution in [3.63, 3.8) is 0 Å². The average molecular weight is 343 g/mol. The Balaban J connectivity index is 1.46. The van der Waals surface area contributed by atoms with E-state index in [0.717, 1.165) is 49.7 Å². The summed E-state index contributed by atoms with van der Waals surface area (Å²) in [6.45, 7) is 7.76. The van der Waals surface area contributed by atoms with Gasteiger partial charge in [-0.3, -0.25) is 4.79 Å². The third-order valence-corrected chi connectivity index (χ3v) is 6.64. The van der Waals surface area contributed by atoms with Crippen molar-refractivity contribution in [2.45, 2.75) is 39.5 Å². The quantitative estimate of drug-likeness (QED) is 0.833. The molecule has 2 aliphatic rings. The second-order valence-electron chi connectivity index (χ2n) is 7.22. The molecule has 1 aliphatic carbocycles. The molecule has 0 unspecified atom stereocenters. The number of nitrogens with zero attached hydrogens (tertiary/aromatic N) is 3. The first-order valence-corrected chi connectivity index (χ1v) is 9.85. The molecule has 1 aliphatic heterocycles. The second kappa shape index (κ2) is 6.36. The van der Waals surface area contributed by atoms with E-state index in [1.54, 1.807) is 11.3 Å². The molecule has 4 nitrogen and oxygen atoms in total. The van der Waals surface area contributed by atoms with Crippen LogP contribution in [0.3, 0.4) is 0 Å². The summed E-state index contributed by atoms with van der Waals surface area (Å²) < 4.78 is 1.29. The summed E-state index contributed by atoms with van der Waals surface area (Å²) in [5, 5.41) is 1.10. The molecule has 2 heterocycles. The molecule has 4 rings (SSSR count). The van der Waals surface area contributed by atoms with Gasteiger partial charge < -0.3 is 9.80 Å². The van der Waals surface area contributed by atoms with Gasteiger partial charge in [0.1, 0.15) is 0 Å². The van der Waals surface area contributed by atoms with Gasteiger partial charge in [-0.25, -0.2) is 4.98 Å². The first-order valence-electron chi connectivity index (χ1n) is 9.03. The van der Waals surface area contributed by atoms with E-state index in [0.29, 0.717) is 11.8 Å². The molecule has 0 atom stereocenters. The molecule has 1 saturated heterocycles. The molecule has 0 bridgehead atoms. The number of carbonyl (C=O) groups excluding carboxylic acids is 1. The summed E-state index contributed by atoms with van der Waals surface area (Å²) in [5.41, 5.74) is 3.68. The largest absolute Gasteiger partial charge is 0.345 e. The molecule has 128 valence electrons. The van der Waals surface area contributed by atoms with Crippen LogP contribution in [-0.2, 0) is 4.79 Å². The number of carbonyl (C=O) groups is 1. The van der Waals surface area contributed by atoms with Crippen LogP contribution in [0, 0.1) is 19.8 Å². The minimum absolute atomic E-state index is 0.296. The highest BCUT2D eigenvalue weighted by molar-refractivity contribution is 7.22. The molecule has 0 radical (unpaired) electrons. The molecule has 1 aromatic carbocycles. The summed E-state index contributed by atoms with van der Waals surface area (Å²) >= 11 is 1.79. The average Bonchev–Trinajstić information content (AvgIpc) is 3.24. The molecule has 0 spiro atoms. The molecular weight excluding hydrogens is 318 g/mol. The van der Waals surface area contributed by atoms with Gasteiger partial charge >= 0.3 is 0 Å². The Morgan fingerprint density at radius 1 is 1.12 bits per heavy atom. The highest BCUT2D eigenvalue weighted by Gasteiger charge is 2.30. The fourth-order valence-corrected chi connectivity index (χ4v) is 5.12. The van der Waals surface area contributed by atoms with Gasteiger partial charge in [0.25, 0.3) is 0 Å². The van der Waals surface area contributed by atoms with E-state index in [4.69, 9.17) is 4.98 Å². The number of thiazole rings is 1. The van der Waals surface area contributed by atoms with Crippen molar-refractivity contribution < 1.29 is 4.79 Å². The smallest absolute Gasteiger partial charge is 0.225 e. The Hall–Kier alpha value is -1.62. The van der Waals surface area contributed by atoms with Crippen molar-refractivity contribution in [1.29, 1.82) is 0 Å². The van der Waals surface area contributed by atoms with E-state index in [9.17, 15) is 4.79 Å². The summed E-state index contributed by atoms with van der Waals surface area (Å²) in [4.78, 5) is 21.8. The van der Waals surface area contributed by atoms with E-state index in [-0.39, 0.29) is 0 Å². The topological polar surface area (TPSA) is 36.4 Å². The molecule has 1 aromatic heterocycles. The van der Waals surface area contributed by atoms with E-state index in [2.05, 4.69) is 35.8 Å². The van der Waals surface area contributed by atoms with E-state index < -0.39 is 0 Å². The molecule has 1 saturated carbocycles. The standard InChI is InChI=1S/C19H25N3OS/c1-13-11-14(2)17-16(12-13)20-19(24-17)22-9-7-21(8-10-22)18(23)15-5-3-4-6-15/h11-12,15H,3-10H2,1-2H3. The zero-order chi connectivity index (χ0) is 16.7. The Labute approximate surface area is 147 Å². The minimum Gasteiger partial charge on any atom is -0.345 e. The van der Waals surface area contributed by atoms with Gasteiger partial charge in [0.05, 0.1) is 10.2 Å². The monoisotopic (exact) mass is 343 g/mol. The number of aromatic nitrogens is 1.